The van der Waals surface area contributed by atoms with Crippen LogP contribution < -0.4 is 0 Å². The monoisotopic (exact) mass is 364 g/mol. The van der Waals surface area contributed by atoms with Crippen LogP contribution in [0.2, 0.25) is 5.02 Å². The van der Waals surface area contributed by atoms with E-state index in [1.54, 1.807) is 0 Å². The lowest BCUT2D eigenvalue weighted by Gasteiger charge is -2.36. The molecule has 2 aliphatic rings. The third-order valence-electron chi connectivity index (χ3n) is 5.38. The van der Waals surface area contributed by atoms with Crippen LogP contribution in [0.1, 0.15) is 31.2 Å². The van der Waals surface area contributed by atoms with Crippen LogP contribution in [0.4, 0.5) is 0 Å². The van der Waals surface area contributed by atoms with E-state index in [0.29, 0.717) is 12.3 Å². The van der Waals surface area contributed by atoms with Crippen LogP contribution in [0.15, 0.2) is 24.3 Å². The molecule has 25 heavy (non-hydrogen) atoms. The van der Waals surface area contributed by atoms with Gasteiger partial charge in [-0.2, -0.15) is 0 Å². The molecule has 0 atom stereocenters. The lowest BCUT2D eigenvalue weighted by Crippen LogP contribution is -2.44. The summed E-state index contributed by atoms with van der Waals surface area (Å²) in [6.45, 7) is 6.84. The molecule has 0 saturated carbocycles. The number of nitrogens with zero attached hydrogens (tertiary/aromatic N) is 2. The Balaban J connectivity index is 1.34. The highest BCUT2D eigenvalue weighted by molar-refractivity contribution is 6.31. The predicted octanol–water partition coefficient (Wildman–Crippen LogP) is 3.23. The third-order valence-corrected chi connectivity index (χ3v) is 5.75. The maximum atomic E-state index is 12.4. The first-order valence-corrected chi connectivity index (χ1v) is 9.91. The summed E-state index contributed by atoms with van der Waals surface area (Å²) in [5.41, 5.74) is 1.14. The van der Waals surface area contributed by atoms with E-state index >= 15 is 0 Å². The van der Waals surface area contributed by atoms with Gasteiger partial charge in [0.2, 0.25) is 5.91 Å². The van der Waals surface area contributed by atoms with Crippen LogP contribution in [0.5, 0.6) is 0 Å². The van der Waals surface area contributed by atoms with Crippen molar-refractivity contribution >= 4 is 17.5 Å². The molecule has 4 nitrogen and oxygen atoms in total. The van der Waals surface area contributed by atoms with E-state index in [1.807, 2.05) is 24.3 Å². The summed E-state index contributed by atoms with van der Waals surface area (Å²) < 4.78 is 5.41. The van der Waals surface area contributed by atoms with Gasteiger partial charge in [-0.15, -0.1) is 0 Å². The van der Waals surface area contributed by atoms with Gasteiger partial charge in [-0.3, -0.25) is 9.69 Å². The van der Waals surface area contributed by atoms with Crippen molar-refractivity contribution < 1.29 is 9.53 Å². The summed E-state index contributed by atoms with van der Waals surface area (Å²) in [5.74, 6) is 1.03. The molecule has 0 bridgehead atoms. The molecule has 2 aliphatic heterocycles. The van der Waals surface area contributed by atoms with Crippen LogP contribution >= 0.6 is 11.6 Å². The number of halogens is 1. The molecule has 2 fully saturated rings. The number of morpholine rings is 1. The van der Waals surface area contributed by atoms with Crippen molar-refractivity contribution in [2.75, 3.05) is 45.9 Å². The van der Waals surface area contributed by atoms with Gasteiger partial charge in [0.05, 0.1) is 13.2 Å². The number of amides is 1. The Labute approximate surface area is 156 Å². The average Bonchev–Trinajstić information content (AvgIpc) is 2.65. The molecule has 0 N–H and O–H groups in total. The Morgan fingerprint density at radius 1 is 1.12 bits per heavy atom. The number of hydrogen-bond donors (Lipinski definition) is 0. The largest absolute Gasteiger partial charge is 0.379 e. The minimum absolute atomic E-state index is 0.303. The highest BCUT2D eigenvalue weighted by Crippen LogP contribution is 2.21. The van der Waals surface area contributed by atoms with Crippen LogP contribution in [0, 0.1) is 5.92 Å². The van der Waals surface area contributed by atoms with Crippen molar-refractivity contribution in [2.24, 2.45) is 5.92 Å². The van der Waals surface area contributed by atoms with E-state index in [4.69, 9.17) is 16.3 Å². The van der Waals surface area contributed by atoms with Crippen molar-refractivity contribution in [3.05, 3.63) is 34.9 Å². The van der Waals surface area contributed by atoms with E-state index in [1.165, 1.54) is 0 Å². The van der Waals surface area contributed by atoms with Gasteiger partial charge in [0.25, 0.3) is 0 Å². The average molecular weight is 365 g/mol. The lowest BCUT2D eigenvalue weighted by atomic mass is 9.95. The number of carbonyl (C=O) groups excluding carboxylic acids is 1. The molecule has 5 heteroatoms. The number of ether oxygens (including phenoxy) is 1. The summed E-state index contributed by atoms with van der Waals surface area (Å²) in [6.07, 6.45) is 4.63. The molecule has 0 radical (unpaired) electrons. The van der Waals surface area contributed by atoms with E-state index in [0.717, 1.165) is 88.1 Å². The normalized spacial score (nSPS) is 20.0. The van der Waals surface area contributed by atoms with Gasteiger partial charge in [0.1, 0.15) is 0 Å². The first-order valence-electron chi connectivity index (χ1n) is 9.53. The molecule has 3 rings (SSSR count). The Kier molecular flexibility index (Phi) is 7.14. The van der Waals surface area contributed by atoms with Gasteiger partial charge in [-0.05, 0) is 43.2 Å². The number of hydrogen-bond acceptors (Lipinski definition) is 3. The third kappa shape index (κ3) is 5.70. The summed E-state index contributed by atoms with van der Waals surface area (Å²) in [4.78, 5) is 17.0. The van der Waals surface area contributed by atoms with Crippen LogP contribution in [0.25, 0.3) is 0 Å². The van der Waals surface area contributed by atoms with Crippen molar-refractivity contribution in [2.45, 2.75) is 32.1 Å². The second kappa shape index (κ2) is 9.56. The highest BCUT2D eigenvalue weighted by Gasteiger charge is 2.24. The maximum Gasteiger partial charge on any atom is 0.222 e. The SMILES string of the molecule is O=C(CCCc1ccccc1Cl)N1CCC(CN2CCOCC2)CC1. The molecule has 0 unspecified atom stereocenters. The second-order valence-electron chi connectivity index (χ2n) is 7.18. The number of likely N-dealkylation sites (tertiary alicyclic amines) is 1. The molecule has 0 spiro atoms. The van der Waals surface area contributed by atoms with Gasteiger partial charge in [-0.1, -0.05) is 29.8 Å². The summed E-state index contributed by atoms with van der Waals surface area (Å²) in [5, 5.41) is 0.805. The van der Waals surface area contributed by atoms with Crippen molar-refractivity contribution in [1.82, 2.24) is 9.80 Å². The fourth-order valence-corrected chi connectivity index (χ4v) is 4.03. The summed E-state index contributed by atoms with van der Waals surface area (Å²) in [6, 6.07) is 7.90. The second-order valence-corrected chi connectivity index (χ2v) is 7.59. The molecule has 0 aliphatic carbocycles. The minimum Gasteiger partial charge on any atom is -0.379 e. The lowest BCUT2D eigenvalue weighted by molar-refractivity contribution is -0.132. The van der Waals surface area contributed by atoms with Crippen molar-refractivity contribution in [3.63, 3.8) is 0 Å². The van der Waals surface area contributed by atoms with Crippen molar-refractivity contribution in [1.29, 1.82) is 0 Å². The van der Waals surface area contributed by atoms with Gasteiger partial charge in [0.15, 0.2) is 0 Å². The van der Waals surface area contributed by atoms with Crippen LogP contribution in [-0.2, 0) is 16.0 Å². The molecule has 1 aromatic carbocycles. The van der Waals surface area contributed by atoms with Gasteiger partial charge in [-0.25, -0.2) is 0 Å². The van der Waals surface area contributed by atoms with Crippen LogP contribution in [-0.4, -0.2) is 61.6 Å². The molecule has 1 aromatic rings. The molecule has 2 heterocycles. The number of piperidine rings is 1. The van der Waals surface area contributed by atoms with E-state index in [9.17, 15) is 4.79 Å². The quantitative estimate of drug-likeness (QED) is 0.776. The molecular weight excluding hydrogens is 336 g/mol. The fraction of sp³-hybridized carbons (Fsp3) is 0.650. The van der Waals surface area contributed by atoms with Gasteiger partial charge < -0.3 is 9.64 Å². The smallest absolute Gasteiger partial charge is 0.222 e. The number of aryl methyl sites for hydroxylation is 1. The maximum absolute atomic E-state index is 12.4. The number of benzene rings is 1. The number of rotatable bonds is 6. The van der Waals surface area contributed by atoms with Crippen LogP contribution in [0.3, 0.4) is 0 Å². The Hall–Kier alpha value is -1.10. The van der Waals surface area contributed by atoms with E-state index < -0.39 is 0 Å². The Morgan fingerprint density at radius 3 is 2.56 bits per heavy atom. The Morgan fingerprint density at radius 2 is 1.84 bits per heavy atom. The summed E-state index contributed by atoms with van der Waals surface area (Å²) >= 11 is 6.18. The zero-order valence-electron chi connectivity index (χ0n) is 15.0. The van der Waals surface area contributed by atoms with E-state index in [2.05, 4.69) is 9.80 Å². The topological polar surface area (TPSA) is 32.8 Å². The molecule has 2 saturated heterocycles. The molecule has 0 aromatic heterocycles. The highest BCUT2D eigenvalue weighted by atomic mass is 35.5. The minimum atomic E-state index is 0.303. The van der Waals surface area contributed by atoms with Gasteiger partial charge in [0, 0.05) is 44.2 Å². The summed E-state index contributed by atoms with van der Waals surface area (Å²) in [7, 11) is 0. The first kappa shape index (κ1) is 18.7. The molecule has 1 amide bonds. The van der Waals surface area contributed by atoms with E-state index in [-0.39, 0.29) is 0 Å². The Bertz CT molecular complexity index is 552. The fourth-order valence-electron chi connectivity index (χ4n) is 3.80. The standard InChI is InChI=1S/C20H29ClN2O2/c21-19-6-2-1-4-18(19)5-3-7-20(24)23-10-8-17(9-11-23)16-22-12-14-25-15-13-22/h1-2,4,6,17H,3,5,7-16H2. The molecule has 138 valence electrons. The van der Waals surface area contributed by atoms with Gasteiger partial charge >= 0.3 is 0 Å². The predicted molar refractivity (Wildman–Crippen MR) is 101 cm³/mol. The first-order chi connectivity index (χ1) is 12.2. The zero-order valence-corrected chi connectivity index (χ0v) is 15.7. The number of carbonyl (C=O) groups is 1. The zero-order chi connectivity index (χ0) is 17.5. The van der Waals surface area contributed by atoms with Crippen molar-refractivity contribution in [3.8, 4) is 0 Å². The molecular formula is C20H29ClN2O2.